The maximum atomic E-state index is 13.8. The molecule has 4 rings (SSSR count). The lowest BCUT2D eigenvalue weighted by atomic mass is 10.0. The molecular weight excluding hydrogens is 410 g/mol. The van der Waals surface area contributed by atoms with Gasteiger partial charge < -0.3 is 14.4 Å². The van der Waals surface area contributed by atoms with Crippen molar-refractivity contribution in [3.8, 4) is 11.5 Å². The van der Waals surface area contributed by atoms with Gasteiger partial charge in [-0.2, -0.15) is 0 Å². The lowest BCUT2D eigenvalue weighted by molar-refractivity contribution is 0.0982. The Balaban J connectivity index is 1.79. The molecule has 0 unspecified atom stereocenters. The van der Waals surface area contributed by atoms with E-state index in [1.54, 1.807) is 19.1 Å². The van der Waals surface area contributed by atoms with Crippen molar-refractivity contribution in [3.63, 3.8) is 0 Å². The van der Waals surface area contributed by atoms with E-state index in [2.05, 4.69) is 0 Å². The van der Waals surface area contributed by atoms with Gasteiger partial charge >= 0.3 is 0 Å². The Labute approximate surface area is 185 Å². The summed E-state index contributed by atoms with van der Waals surface area (Å²) in [6, 6.07) is 17.5. The Morgan fingerprint density at radius 3 is 2.39 bits per heavy atom. The third kappa shape index (κ3) is 4.33. The highest BCUT2D eigenvalue weighted by Gasteiger charge is 2.24. The van der Waals surface area contributed by atoms with Crippen molar-refractivity contribution in [1.82, 2.24) is 9.88 Å². The summed E-state index contributed by atoms with van der Waals surface area (Å²) in [6.45, 7) is 1.22. The molecule has 6 nitrogen and oxygen atoms in total. The molecule has 31 heavy (non-hydrogen) atoms. The van der Waals surface area contributed by atoms with E-state index in [1.165, 1.54) is 11.3 Å². The summed E-state index contributed by atoms with van der Waals surface area (Å²) in [7, 11) is 7.21. The van der Waals surface area contributed by atoms with Gasteiger partial charge in [0.15, 0.2) is 5.13 Å². The lowest BCUT2D eigenvalue weighted by Crippen LogP contribution is -2.37. The molecule has 0 atom stereocenters. The molecule has 0 aliphatic heterocycles. The number of anilines is 1. The van der Waals surface area contributed by atoms with Gasteiger partial charge in [-0.1, -0.05) is 35.6 Å². The third-order valence-corrected chi connectivity index (χ3v) is 6.17. The molecule has 0 spiro atoms. The standard InChI is InChI=1S/C24H25N3O3S/c1-26(2)11-12-27(24-25-20-10-9-18(29-3)15-22(20)31-24)23(28)19-13-16-7-5-6-8-17(16)14-21(19)30-4/h5-10,13-15H,11-12H2,1-4H3. The number of hydrogen-bond donors (Lipinski definition) is 0. The van der Waals surface area contributed by atoms with Gasteiger partial charge in [-0.15, -0.1) is 0 Å². The molecule has 0 aliphatic carbocycles. The van der Waals surface area contributed by atoms with E-state index in [-0.39, 0.29) is 5.91 Å². The zero-order valence-electron chi connectivity index (χ0n) is 18.1. The number of ether oxygens (including phenoxy) is 2. The number of thiazole rings is 1. The zero-order chi connectivity index (χ0) is 22.0. The summed E-state index contributed by atoms with van der Waals surface area (Å²) in [4.78, 5) is 22.3. The van der Waals surface area contributed by atoms with Crippen molar-refractivity contribution in [2.24, 2.45) is 0 Å². The number of carbonyl (C=O) groups is 1. The second-order valence-electron chi connectivity index (χ2n) is 7.49. The molecule has 1 aromatic heterocycles. The van der Waals surface area contributed by atoms with Crippen LogP contribution >= 0.6 is 11.3 Å². The van der Waals surface area contributed by atoms with Crippen molar-refractivity contribution in [1.29, 1.82) is 0 Å². The molecule has 160 valence electrons. The molecule has 7 heteroatoms. The highest BCUT2D eigenvalue weighted by molar-refractivity contribution is 7.22. The predicted octanol–water partition coefficient (Wildman–Crippen LogP) is 4.68. The molecule has 0 saturated heterocycles. The summed E-state index contributed by atoms with van der Waals surface area (Å²) < 4.78 is 11.9. The van der Waals surface area contributed by atoms with Crippen LogP contribution in [0.3, 0.4) is 0 Å². The molecule has 0 aliphatic rings. The van der Waals surface area contributed by atoms with E-state index in [1.807, 2.05) is 73.6 Å². The fraction of sp³-hybridized carbons (Fsp3) is 0.250. The summed E-state index contributed by atoms with van der Waals surface area (Å²) in [5, 5.41) is 2.68. The van der Waals surface area contributed by atoms with Crippen molar-refractivity contribution in [3.05, 3.63) is 60.2 Å². The molecule has 0 bridgehead atoms. The minimum absolute atomic E-state index is 0.129. The molecule has 0 radical (unpaired) electrons. The molecule has 1 amide bonds. The van der Waals surface area contributed by atoms with E-state index in [9.17, 15) is 4.79 Å². The quantitative estimate of drug-likeness (QED) is 0.422. The Morgan fingerprint density at radius 2 is 1.71 bits per heavy atom. The Bertz CT molecular complexity index is 1240. The van der Waals surface area contributed by atoms with Crippen LogP contribution in [-0.4, -0.2) is 57.2 Å². The average Bonchev–Trinajstić information content (AvgIpc) is 3.20. The minimum Gasteiger partial charge on any atom is -0.497 e. The van der Waals surface area contributed by atoms with Crippen LogP contribution < -0.4 is 14.4 Å². The number of nitrogens with zero attached hydrogens (tertiary/aromatic N) is 3. The van der Waals surface area contributed by atoms with Gasteiger partial charge in [0.25, 0.3) is 5.91 Å². The molecule has 0 fully saturated rings. The molecular formula is C24H25N3O3S. The second-order valence-corrected chi connectivity index (χ2v) is 8.50. The van der Waals surface area contributed by atoms with E-state index >= 15 is 0 Å². The molecule has 1 heterocycles. The van der Waals surface area contributed by atoms with Crippen LogP contribution in [0.25, 0.3) is 21.0 Å². The highest BCUT2D eigenvalue weighted by Crippen LogP contribution is 2.34. The van der Waals surface area contributed by atoms with Gasteiger partial charge in [0.1, 0.15) is 11.5 Å². The molecule has 3 aromatic carbocycles. The van der Waals surface area contributed by atoms with Gasteiger partial charge in [-0.3, -0.25) is 9.69 Å². The third-order valence-electron chi connectivity index (χ3n) is 5.13. The fourth-order valence-corrected chi connectivity index (χ4v) is 4.44. The number of rotatable bonds is 7. The lowest BCUT2D eigenvalue weighted by Gasteiger charge is -2.23. The highest BCUT2D eigenvalue weighted by atomic mass is 32.1. The Hall–Kier alpha value is -3.16. The van der Waals surface area contributed by atoms with Gasteiger partial charge in [-0.25, -0.2) is 4.98 Å². The van der Waals surface area contributed by atoms with Crippen LogP contribution in [0.2, 0.25) is 0 Å². The van der Waals surface area contributed by atoms with Crippen LogP contribution in [-0.2, 0) is 0 Å². The van der Waals surface area contributed by atoms with Crippen molar-refractivity contribution >= 4 is 43.4 Å². The zero-order valence-corrected chi connectivity index (χ0v) is 18.9. The number of amides is 1. The molecule has 4 aromatic rings. The van der Waals surface area contributed by atoms with Crippen molar-refractivity contribution in [2.75, 3.05) is 46.3 Å². The monoisotopic (exact) mass is 435 g/mol. The maximum absolute atomic E-state index is 13.8. The van der Waals surface area contributed by atoms with Gasteiger partial charge in [0.2, 0.25) is 0 Å². The van der Waals surface area contributed by atoms with Gasteiger partial charge in [-0.05, 0) is 55.2 Å². The van der Waals surface area contributed by atoms with Gasteiger partial charge in [0.05, 0.1) is 30.0 Å². The minimum atomic E-state index is -0.129. The second kappa shape index (κ2) is 8.91. The van der Waals surface area contributed by atoms with E-state index in [0.717, 1.165) is 26.7 Å². The summed E-state index contributed by atoms with van der Waals surface area (Å²) in [5.41, 5.74) is 1.37. The number of methoxy groups -OCH3 is 2. The van der Waals surface area contributed by atoms with Crippen molar-refractivity contribution in [2.45, 2.75) is 0 Å². The van der Waals surface area contributed by atoms with Crippen LogP contribution in [0.4, 0.5) is 5.13 Å². The smallest absolute Gasteiger partial charge is 0.263 e. The Morgan fingerprint density at radius 1 is 0.968 bits per heavy atom. The van der Waals surface area contributed by atoms with Crippen LogP contribution in [0.5, 0.6) is 11.5 Å². The van der Waals surface area contributed by atoms with Crippen LogP contribution in [0.1, 0.15) is 10.4 Å². The van der Waals surface area contributed by atoms with E-state index < -0.39 is 0 Å². The first-order valence-electron chi connectivity index (χ1n) is 9.98. The first-order valence-corrected chi connectivity index (χ1v) is 10.8. The summed E-state index contributed by atoms with van der Waals surface area (Å²) in [5.74, 6) is 1.20. The van der Waals surface area contributed by atoms with Crippen molar-refractivity contribution < 1.29 is 14.3 Å². The largest absolute Gasteiger partial charge is 0.497 e. The SMILES string of the molecule is COc1ccc2nc(N(CCN(C)C)C(=O)c3cc4ccccc4cc3OC)sc2c1. The first-order chi connectivity index (χ1) is 15.0. The predicted molar refractivity (Wildman–Crippen MR) is 127 cm³/mol. The number of aromatic nitrogens is 1. The fourth-order valence-electron chi connectivity index (χ4n) is 3.42. The summed E-state index contributed by atoms with van der Waals surface area (Å²) in [6.07, 6.45) is 0. The average molecular weight is 436 g/mol. The van der Waals surface area contributed by atoms with E-state index in [0.29, 0.717) is 29.5 Å². The number of fused-ring (bicyclic) bond motifs is 2. The van der Waals surface area contributed by atoms with Crippen LogP contribution in [0, 0.1) is 0 Å². The van der Waals surface area contributed by atoms with E-state index in [4.69, 9.17) is 14.5 Å². The number of carbonyl (C=O) groups excluding carboxylic acids is 1. The number of benzene rings is 3. The summed E-state index contributed by atoms with van der Waals surface area (Å²) >= 11 is 1.48. The topological polar surface area (TPSA) is 54.9 Å². The molecule has 0 N–H and O–H groups in total. The number of hydrogen-bond acceptors (Lipinski definition) is 6. The van der Waals surface area contributed by atoms with Crippen LogP contribution in [0.15, 0.2) is 54.6 Å². The van der Waals surface area contributed by atoms with Gasteiger partial charge in [0, 0.05) is 13.1 Å². The normalized spacial score (nSPS) is 11.3. The Kier molecular flexibility index (Phi) is 6.06. The molecule has 0 saturated carbocycles. The maximum Gasteiger partial charge on any atom is 0.263 e. The number of likely N-dealkylation sites (N-methyl/N-ethyl adjacent to an activating group) is 1. The first kappa shape index (κ1) is 21.1.